The van der Waals surface area contributed by atoms with Gasteiger partial charge in [-0.15, -0.1) is 0 Å². The van der Waals surface area contributed by atoms with Gasteiger partial charge in [0.25, 0.3) is 0 Å². The Morgan fingerprint density at radius 3 is 2.74 bits per heavy atom. The van der Waals surface area contributed by atoms with E-state index < -0.39 is 0 Å². The van der Waals surface area contributed by atoms with Crippen molar-refractivity contribution in [3.05, 3.63) is 48.5 Å². The van der Waals surface area contributed by atoms with E-state index in [1.807, 2.05) is 35.0 Å². The Morgan fingerprint density at radius 1 is 1.35 bits per heavy atom. The maximum Gasteiger partial charge on any atom is 0.414 e. The van der Waals surface area contributed by atoms with Crippen LogP contribution in [0, 0.1) is 11.3 Å². The number of hydrogen-bond donors (Lipinski definition) is 0. The summed E-state index contributed by atoms with van der Waals surface area (Å²) in [7, 11) is 0. The molecule has 1 amide bonds. The first-order chi connectivity index (χ1) is 11.2. The summed E-state index contributed by atoms with van der Waals surface area (Å²) in [6.45, 7) is 1.11. The van der Waals surface area contributed by atoms with Gasteiger partial charge in [0.1, 0.15) is 6.10 Å². The number of carbonyl (C=O) groups is 1. The largest absolute Gasteiger partial charge is 0.442 e. The van der Waals surface area contributed by atoms with Crippen molar-refractivity contribution in [1.29, 1.82) is 5.26 Å². The maximum absolute atomic E-state index is 12.1. The number of nitrogens with zero attached hydrogens (tertiary/aromatic N) is 4. The van der Waals surface area contributed by atoms with Gasteiger partial charge in [-0.05, 0) is 30.5 Å². The van der Waals surface area contributed by atoms with E-state index in [1.54, 1.807) is 17.4 Å². The van der Waals surface area contributed by atoms with Crippen LogP contribution in [0.4, 0.5) is 10.5 Å². The third-order valence-electron chi connectivity index (χ3n) is 4.54. The lowest BCUT2D eigenvalue weighted by atomic mass is 9.97. The number of rotatable bonds is 4. The van der Waals surface area contributed by atoms with Gasteiger partial charge in [-0.2, -0.15) is 5.26 Å². The average molecular weight is 308 g/mol. The second-order valence-corrected chi connectivity index (χ2v) is 6.12. The first-order valence-corrected chi connectivity index (χ1v) is 7.66. The number of ether oxygens (including phenoxy) is 1. The quantitative estimate of drug-likeness (QED) is 0.870. The van der Waals surface area contributed by atoms with Crippen molar-refractivity contribution in [3.63, 3.8) is 0 Å². The number of imidazole rings is 1. The third kappa shape index (κ3) is 2.44. The Bertz CT molecular complexity index is 757. The molecule has 0 bridgehead atoms. The standard InChI is InChI=1S/C17H16N4O2/c18-11-17(5-6-17)13-1-3-14(4-2-13)21-10-15(23-16(21)22)9-20-8-7-19-12-20/h1-4,7-8,12,15H,5-6,9-10H2/t15-/m0/s1. The molecule has 1 saturated heterocycles. The second kappa shape index (κ2) is 5.13. The molecule has 2 heterocycles. The smallest absolute Gasteiger partial charge is 0.414 e. The number of amides is 1. The molecule has 1 atom stereocenters. The minimum atomic E-state index is -0.329. The molecule has 0 unspecified atom stereocenters. The highest BCUT2D eigenvalue weighted by Crippen LogP contribution is 2.47. The minimum Gasteiger partial charge on any atom is -0.442 e. The van der Waals surface area contributed by atoms with Crippen LogP contribution in [-0.4, -0.2) is 28.3 Å². The summed E-state index contributed by atoms with van der Waals surface area (Å²) in [5.74, 6) is 0. The Morgan fingerprint density at radius 2 is 2.13 bits per heavy atom. The summed E-state index contributed by atoms with van der Waals surface area (Å²) in [6.07, 6.45) is 6.58. The fraction of sp³-hybridized carbons (Fsp3) is 0.353. The van der Waals surface area contributed by atoms with Gasteiger partial charge in [0.15, 0.2) is 0 Å². The molecule has 0 N–H and O–H groups in total. The van der Waals surface area contributed by atoms with Crippen LogP contribution >= 0.6 is 0 Å². The highest BCUT2D eigenvalue weighted by atomic mass is 16.6. The lowest BCUT2D eigenvalue weighted by Gasteiger charge is -2.14. The van der Waals surface area contributed by atoms with Crippen molar-refractivity contribution in [2.24, 2.45) is 0 Å². The van der Waals surface area contributed by atoms with Crippen LogP contribution < -0.4 is 4.90 Å². The van der Waals surface area contributed by atoms with Crippen LogP contribution in [0.5, 0.6) is 0 Å². The summed E-state index contributed by atoms with van der Waals surface area (Å²) in [5, 5.41) is 9.25. The van der Waals surface area contributed by atoms with Gasteiger partial charge in [-0.3, -0.25) is 4.90 Å². The number of benzene rings is 1. The van der Waals surface area contributed by atoms with E-state index >= 15 is 0 Å². The first-order valence-electron chi connectivity index (χ1n) is 7.66. The molecule has 0 radical (unpaired) electrons. The zero-order chi connectivity index (χ0) is 15.9. The van der Waals surface area contributed by atoms with Crippen molar-refractivity contribution < 1.29 is 9.53 Å². The van der Waals surface area contributed by atoms with E-state index in [-0.39, 0.29) is 17.6 Å². The number of cyclic esters (lactones) is 1. The van der Waals surface area contributed by atoms with Crippen LogP contribution in [0.25, 0.3) is 0 Å². The Kier molecular flexibility index (Phi) is 3.08. The highest BCUT2D eigenvalue weighted by molar-refractivity contribution is 5.89. The van der Waals surface area contributed by atoms with Gasteiger partial charge in [0.2, 0.25) is 0 Å². The molecule has 116 valence electrons. The molecule has 2 aromatic rings. The molecule has 1 aromatic heterocycles. The summed E-state index contributed by atoms with van der Waals surface area (Å²) >= 11 is 0. The minimum absolute atomic E-state index is 0.190. The van der Waals surface area contributed by atoms with Gasteiger partial charge in [0.05, 0.1) is 30.9 Å². The molecule has 23 heavy (non-hydrogen) atoms. The van der Waals surface area contributed by atoms with Gasteiger partial charge in [-0.25, -0.2) is 9.78 Å². The molecule has 6 nitrogen and oxygen atoms in total. The fourth-order valence-corrected chi connectivity index (χ4v) is 3.01. The Balaban J connectivity index is 1.48. The Labute approximate surface area is 133 Å². The third-order valence-corrected chi connectivity index (χ3v) is 4.54. The van der Waals surface area contributed by atoms with E-state index in [1.165, 1.54) is 0 Å². The normalized spacial score (nSPS) is 21.8. The molecule has 1 saturated carbocycles. The van der Waals surface area contributed by atoms with E-state index in [0.717, 1.165) is 24.1 Å². The summed E-state index contributed by atoms with van der Waals surface area (Å²) in [6, 6.07) is 10.1. The van der Waals surface area contributed by atoms with E-state index in [0.29, 0.717) is 13.1 Å². The maximum atomic E-state index is 12.1. The molecule has 0 spiro atoms. The van der Waals surface area contributed by atoms with Crippen molar-refractivity contribution in [2.75, 3.05) is 11.4 Å². The number of anilines is 1. The van der Waals surface area contributed by atoms with Gasteiger partial charge in [-0.1, -0.05) is 12.1 Å². The molecule has 6 heteroatoms. The first kappa shape index (κ1) is 13.8. The van der Waals surface area contributed by atoms with Crippen molar-refractivity contribution in [1.82, 2.24) is 9.55 Å². The summed E-state index contributed by atoms with van der Waals surface area (Å²) < 4.78 is 7.32. The predicted molar refractivity (Wildman–Crippen MR) is 82.8 cm³/mol. The van der Waals surface area contributed by atoms with E-state index in [9.17, 15) is 10.1 Å². The van der Waals surface area contributed by atoms with Crippen molar-refractivity contribution >= 4 is 11.8 Å². The van der Waals surface area contributed by atoms with Crippen LogP contribution in [0.15, 0.2) is 43.0 Å². The van der Waals surface area contributed by atoms with Crippen LogP contribution in [0.3, 0.4) is 0 Å². The summed E-state index contributed by atoms with van der Waals surface area (Å²) in [5.41, 5.74) is 1.54. The van der Waals surface area contributed by atoms with Gasteiger partial charge in [0, 0.05) is 18.1 Å². The van der Waals surface area contributed by atoms with Gasteiger partial charge >= 0.3 is 6.09 Å². The van der Waals surface area contributed by atoms with E-state index in [4.69, 9.17) is 4.74 Å². The molecule has 1 aromatic carbocycles. The molecular weight excluding hydrogens is 292 g/mol. The number of carbonyl (C=O) groups excluding carboxylic acids is 1. The lowest BCUT2D eigenvalue weighted by molar-refractivity contribution is 0.132. The molecular formula is C17H16N4O2. The second-order valence-electron chi connectivity index (χ2n) is 6.12. The Hall–Kier alpha value is -2.81. The van der Waals surface area contributed by atoms with Crippen LogP contribution in [0.1, 0.15) is 18.4 Å². The lowest BCUT2D eigenvalue weighted by Crippen LogP contribution is -2.25. The topological polar surface area (TPSA) is 71.2 Å². The zero-order valence-electron chi connectivity index (χ0n) is 12.6. The van der Waals surface area contributed by atoms with E-state index in [2.05, 4.69) is 11.1 Å². The number of aromatic nitrogens is 2. The molecule has 4 rings (SSSR count). The van der Waals surface area contributed by atoms with Crippen molar-refractivity contribution in [2.45, 2.75) is 30.9 Å². The average Bonchev–Trinajstić information content (AvgIpc) is 3.05. The zero-order valence-corrected chi connectivity index (χ0v) is 12.6. The molecule has 2 fully saturated rings. The molecule has 1 aliphatic heterocycles. The fourth-order valence-electron chi connectivity index (χ4n) is 3.01. The van der Waals surface area contributed by atoms with Crippen LogP contribution in [-0.2, 0) is 16.7 Å². The summed E-state index contributed by atoms with van der Waals surface area (Å²) in [4.78, 5) is 17.7. The monoisotopic (exact) mass is 308 g/mol. The number of nitriles is 1. The molecule has 1 aliphatic carbocycles. The molecule has 2 aliphatic rings. The van der Waals surface area contributed by atoms with Crippen molar-refractivity contribution in [3.8, 4) is 6.07 Å². The highest BCUT2D eigenvalue weighted by Gasteiger charge is 2.44. The van der Waals surface area contributed by atoms with Crippen LogP contribution in [0.2, 0.25) is 0 Å². The van der Waals surface area contributed by atoms with Gasteiger partial charge < -0.3 is 9.30 Å². The number of hydrogen-bond acceptors (Lipinski definition) is 4. The predicted octanol–water partition coefficient (Wildman–Crippen LogP) is 2.46. The SMILES string of the molecule is N#CC1(c2ccc(N3C[C@H](Cn4ccnc4)OC3=O)cc2)CC1.